The number of hydrogen-bond acceptors (Lipinski definition) is 5. The minimum absolute atomic E-state index is 0.00774. The van der Waals surface area contributed by atoms with Crippen LogP contribution in [-0.2, 0) is 14.6 Å². The first-order valence-corrected chi connectivity index (χ1v) is 16.0. The van der Waals surface area contributed by atoms with E-state index in [1.54, 1.807) is 12.1 Å². The third-order valence-electron chi connectivity index (χ3n) is 6.61. The zero-order chi connectivity index (χ0) is 30.2. The zero-order valence-electron chi connectivity index (χ0n) is 22.8. The maximum atomic E-state index is 13.5. The van der Waals surface area contributed by atoms with Crippen molar-refractivity contribution in [3.63, 3.8) is 0 Å². The summed E-state index contributed by atoms with van der Waals surface area (Å²) in [7, 11) is -4.01. The van der Waals surface area contributed by atoms with E-state index in [2.05, 4.69) is 17.6 Å². The highest BCUT2D eigenvalue weighted by atomic mass is 35.5. The average molecular weight is 640 g/mol. The van der Waals surface area contributed by atoms with Gasteiger partial charge in [-0.2, -0.15) is 0 Å². The fourth-order valence-corrected chi connectivity index (χ4v) is 6.40. The van der Waals surface area contributed by atoms with Crippen molar-refractivity contribution in [3.05, 3.63) is 80.8 Å². The largest absolute Gasteiger partial charge is 0.506 e. The number of rotatable bonds is 13. The Hall–Kier alpha value is -2.78. The first-order valence-electron chi connectivity index (χ1n) is 13.3. The molecule has 220 valence electrons. The zero-order valence-corrected chi connectivity index (χ0v) is 25.9. The molecule has 3 N–H and O–H groups in total. The number of carbonyl (C=O) groups excluding carboxylic acids is 2. The van der Waals surface area contributed by atoms with Crippen LogP contribution in [0.4, 0.5) is 11.4 Å². The number of unbranched alkanes of at least 4 members (excludes halogenated alkanes) is 5. The number of nitrogens with one attached hydrogen (secondary N) is 2. The van der Waals surface area contributed by atoms with Crippen LogP contribution in [0, 0.1) is 6.92 Å². The standard InChI is InChI=1S/C30H33Cl3N2O5S/c1-3-4-5-6-7-8-9-28(41(39,40)21-13-10-19(2)11-14-21)30(38)34-25-18-27(36)26(17-24(25)33)35-29(37)20-12-15-22(31)23(32)16-20/h10-18,28,36H,3-9H2,1-2H3,(H,34,38)(H,35,37). The highest BCUT2D eigenvalue weighted by molar-refractivity contribution is 7.92. The van der Waals surface area contributed by atoms with Gasteiger partial charge in [0.2, 0.25) is 5.91 Å². The van der Waals surface area contributed by atoms with Crippen molar-refractivity contribution in [1.29, 1.82) is 0 Å². The minimum atomic E-state index is -4.01. The molecule has 0 spiro atoms. The molecule has 3 aromatic rings. The Morgan fingerprint density at radius 3 is 2.12 bits per heavy atom. The van der Waals surface area contributed by atoms with Gasteiger partial charge in [0.05, 0.1) is 31.3 Å². The predicted molar refractivity (Wildman–Crippen MR) is 166 cm³/mol. The third kappa shape index (κ3) is 8.85. The lowest BCUT2D eigenvalue weighted by atomic mass is 10.1. The van der Waals surface area contributed by atoms with E-state index >= 15 is 0 Å². The van der Waals surface area contributed by atoms with Crippen LogP contribution in [0.2, 0.25) is 15.1 Å². The van der Waals surface area contributed by atoms with E-state index in [0.717, 1.165) is 43.7 Å². The molecule has 0 saturated carbocycles. The molecule has 41 heavy (non-hydrogen) atoms. The van der Waals surface area contributed by atoms with Crippen molar-refractivity contribution in [1.82, 2.24) is 0 Å². The van der Waals surface area contributed by atoms with Crippen molar-refractivity contribution in [2.24, 2.45) is 0 Å². The normalized spacial score (nSPS) is 12.1. The lowest BCUT2D eigenvalue weighted by molar-refractivity contribution is -0.116. The molecule has 3 aromatic carbocycles. The van der Waals surface area contributed by atoms with Gasteiger partial charge in [0.1, 0.15) is 11.0 Å². The predicted octanol–water partition coefficient (Wildman–Crippen LogP) is 8.44. The van der Waals surface area contributed by atoms with Gasteiger partial charge in [-0.15, -0.1) is 0 Å². The average Bonchev–Trinajstić information content (AvgIpc) is 2.92. The van der Waals surface area contributed by atoms with Gasteiger partial charge in [-0.25, -0.2) is 8.42 Å². The number of anilines is 2. The maximum absolute atomic E-state index is 13.5. The van der Waals surface area contributed by atoms with Crippen LogP contribution in [0.5, 0.6) is 5.75 Å². The topological polar surface area (TPSA) is 113 Å². The number of amides is 2. The molecule has 11 heteroatoms. The monoisotopic (exact) mass is 638 g/mol. The highest BCUT2D eigenvalue weighted by Crippen LogP contribution is 2.35. The Bertz CT molecular complexity index is 1490. The number of phenols is 1. The number of phenolic OH excluding ortho intramolecular Hbond substituents is 1. The van der Waals surface area contributed by atoms with Crippen molar-refractivity contribution in [2.75, 3.05) is 10.6 Å². The minimum Gasteiger partial charge on any atom is -0.506 e. The second-order valence-electron chi connectivity index (χ2n) is 9.82. The van der Waals surface area contributed by atoms with Gasteiger partial charge in [-0.3, -0.25) is 9.59 Å². The van der Waals surface area contributed by atoms with Gasteiger partial charge >= 0.3 is 0 Å². The van der Waals surface area contributed by atoms with Gasteiger partial charge in [0.15, 0.2) is 9.84 Å². The number of carbonyl (C=O) groups is 2. The van der Waals surface area contributed by atoms with Gasteiger partial charge in [-0.05, 0) is 49.7 Å². The second kappa shape index (κ2) is 14.9. The third-order valence-corrected chi connectivity index (χ3v) is 9.79. The van der Waals surface area contributed by atoms with Gasteiger partial charge in [0, 0.05) is 11.6 Å². The summed E-state index contributed by atoms with van der Waals surface area (Å²) in [5.74, 6) is -1.71. The van der Waals surface area contributed by atoms with Crippen molar-refractivity contribution >= 4 is 67.8 Å². The Balaban J connectivity index is 1.80. The van der Waals surface area contributed by atoms with E-state index in [4.69, 9.17) is 34.8 Å². The van der Waals surface area contributed by atoms with Crippen LogP contribution in [0.3, 0.4) is 0 Å². The molecule has 0 aliphatic rings. The first-order chi connectivity index (χ1) is 19.4. The first kappa shape index (κ1) is 32.7. The maximum Gasteiger partial charge on any atom is 0.255 e. The molecule has 7 nitrogen and oxygen atoms in total. The summed E-state index contributed by atoms with van der Waals surface area (Å²) >= 11 is 18.3. The van der Waals surface area contributed by atoms with E-state index in [-0.39, 0.29) is 49.1 Å². The summed E-state index contributed by atoms with van der Waals surface area (Å²) in [6.45, 7) is 3.97. The van der Waals surface area contributed by atoms with Crippen molar-refractivity contribution in [3.8, 4) is 5.75 Å². The lowest BCUT2D eigenvalue weighted by Gasteiger charge is -2.19. The molecule has 0 radical (unpaired) electrons. The molecule has 1 unspecified atom stereocenters. The van der Waals surface area contributed by atoms with Gasteiger partial charge < -0.3 is 15.7 Å². The summed E-state index contributed by atoms with van der Waals surface area (Å²) in [5.41, 5.74) is 1.09. The van der Waals surface area contributed by atoms with E-state index in [0.29, 0.717) is 6.42 Å². The van der Waals surface area contributed by atoms with Gasteiger partial charge in [-0.1, -0.05) is 97.9 Å². The van der Waals surface area contributed by atoms with Crippen LogP contribution in [0.15, 0.2) is 59.5 Å². The summed E-state index contributed by atoms with van der Waals surface area (Å²) in [6, 6.07) is 13.1. The van der Waals surface area contributed by atoms with E-state index in [1.165, 1.54) is 36.4 Å². The fourth-order valence-electron chi connectivity index (χ4n) is 4.23. The number of sulfone groups is 1. The number of benzene rings is 3. The highest BCUT2D eigenvalue weighted by Gasteiger charge is 2.34. The number of aryl methyl sites for hydroxylation is 1. The molecule has 0 aromatic heterocycles. The summed E-state index contributed by atoms with van der Waals surface area (Å²) in [4.78, 5) is 26.1. The fraction of sp³-hybridized carbons (Fsp3) is 0.333. The molecule has 0 heterocycles. The van der Waals surface area contributed by atoms with Crippen LogP contribution in [0.1, 0.15) is 67.8 Å². The molecule has 0 aliphatic carbocycles. The molecular formula is C30H33Cl3N2O5S. The van der Waals surface area contributed by atoms with Gasteiger partial charge in [0.25, 0.3) is 5.91 Å². The number of hydrogen-bond donors (Lipinski definition) is 3. The second-order valence-corrected chi connectivity index (χ2v) is 13.2. The molecule has 3 rings (SSSR count). The van der Waals surface area contributed by atoms with Crippen molar-refractivity contribution < 1.29 is 23.1 Å². The summed E-state index contributed by atoms with van der Waals surface area (Å²) in [5, 5.41) is 14.8. The lowest BCUT2D eigenvalue weighted by Crippen LogP contribution is -2.35. The van der Waals surface area contributed by atoms with Crippen LogP contribution in [-0.4, -0.2) is 30.6 Å². The molecule has 0 fully saturated rings. The smallest absolute Gasteiger partial charge is 0.255 e. The Labute approximate surface area is 256 Å². The van der Waals surface area contributed by atoms with E-state index < -0.39 is 26.9 Å². The summed E-state index contributed by atoms with van der Waals surface area (Å²) in [6.07, 6.45) is 5.72. The molecule has 0 saturated heterocycles. The Kier molecular flexibility index (Phi) is 11.9. The molecule has 2 amide bonds. The van der Waals surface area contributed by atoms with Crippen LogP contribution >= 0.6 is 34.8 Å². The molecule has 0 bridgehead atoms. The Morgan fingerprint density at radius 2 is 1.46 bits per heavy atom. The quantitative estimate of drug-likeness (QED) is 0.128. The van der Waals surface area contributed by atoms with E-state index in [1.807, 2.05) is 6.92 Å². The Morgan fingerprint density at radius 1 is 0.805 bits per heavy atom. The van der Waals surface area contributed by atoms with Crippen LogP contribution < -0.4 is 10.6 Å². The number of halogens is 3. The van der Waals surface area contributed by atoms with Crippen molar-refractivity contribution in [2.45, 2.75) is 68.9 Å². The molecule has 0 aliphatic heterocycles. The summed E-state index contributed by atoms with van der Waals surface area (Å²) < 4.78 is 27.1. The number of aromatic hydroxyl groups is 1. The SMILES string of the molecule is CCCCCCCCC(C(=O)Nc1cc(O)c(NC(=O)c2ccc(Cl)c(Cl)c2)cc1Cl)S(=O)(=O)c1ccc(C)cc1. The van der Waals surface area contributed by atoms with E-state index in [9.17, 15) is 23.1 Å². The van der Waals surface area contributed by atoms with Crippen LogP contribution in [0.25, 0.3) is 0 Å². The molecule has 1 atom stereocenters. The molecular weight excluding hydrogens is 607 g/mol.